The van der Waals surface area contributed by atoms with E-state index in [2.05, 4.69) is 4.98 Å². The smallest absolute Gasteiger partial charge is 0.333 e. The van der Waals surface area contributed by atoms with Crippen molar-refractivity contribution in [2.45, 2.75) is 6.61 Å². The number of nitrogens with zero attached hydrogens (tertiary/aromatic N) is 4. The van der Waals surface area contributed by atoms with Crippen LogP contribution < -0.4 is 20.6 Å². The fourth-order valence-electron chi connectivity index (χ4n) is 4.11. The molecule has 0 aliphatic carbocycles. The van der Waals surface area contributed by atoms with Crippen molar-refractivity contribution in [3.05, 3.63) is 88.0 Å². The first-order chi connectivity index (χ1) is 17.3. The molecule has 0 spiro atoms. The lowest BCUT2D eigenvalue weighted by atomic mass is 9.91. The van der Waals surface area contributed by atoms with Crippen molar-refractivity contribution < 1.29 is 18.3 Å². The average Bonchev–Trinajstić information content (AvgIpc) is 3.12. The van der Waals surface area contributed by atoms with E-state index in [1.54, 1.807) is 19.2 Å². The van der Waals surface area contributed by atoms with E-state index in [0.717, 1.165) is 6.07 Å². The molecule has 0 saturated carbocycles. The summed E-state index contributed by atoms with van der Waals surface area (Å²) >= 11 is 0. The van der Waals surface area contributed by atoms with Crippen molar-refractivity contribution in [1.29, 1.82) is 5.26 Å². The lowest BCUT2D eigenvalue weighted by Gasteiger charge is -2.14. The second-order valence-electron chi connectivity index (χ2n) is 8.10. The summed E-state index contributed by atoms with van der Waals surface area (Å²) in [6.07, 6.45) is 1.52. The van der Waals surface area contributed by atoms with E-state index in [1.807, 2.05) is 6.07 Å². The number of imidazole rings is 1. The number of aryl methyl sites for hydroxylation is 1. The van der Waals surface area contributed by atoms with Crippen molar-refractivity contribution in [3.8, 4) is 23.3 Å². The quantitative estimate of drug-likeness (QED) is 0.359. The fraction of sp³-hybridized carbons (Fsp3) is 0.115. The summed E-state index contributed by atoms with van der Waals surface area (Å²) in [7, 11) is 8.94. The second kappa shape index (κ2) is 8.85. The van der Waals surface area contributed by atoms with E-state index < -0.39 is 17.3 Å². The first-order valence-corrected chi connectivity index (χ1v) is 10.8. The zero-order valence-corrected chi connectivity index (χ0v) is 19.3. The summed E-state index contributed by atoms with van der Waals surface area (Å²) in [4.78, 5) is 17.6. The van der Waals surface area contributed by atoms with Gasteiger partial charge in [0, 0.05) is 18.5 Å². The number of rotatable bonds is 5. The van der Waals surface area contributed by atoms with Gasteiger partial charge in [-0.25, -0.2) is 13.6 Å². The number of nitriles is 1. The number of benzene rings is 3. The van der Waals surface area contributed by atoms with Crippen molar-refractivity contribution in [2.75, 3.05) is 7.11 Å². The number of ether oxygens (including phenoxy) is 2. The molecule has 0 N–H and O–H groups in total. The molecule has 0 amide bonds. The summed E-state index contributed by atoms with van der Waals surface area (Å²) in [6.45, 7) is 0.0310. The van der Waals surface area contributed by atoms with Crippen LogP contribution in [-0.2, 0) is 13.7 Å². The molecule has 0 unspecified atom stereocenters. The van der Waals surface area contributed by atoms with E-state index in [4.69, 9.17) is 22.6 Å². The van der Waals surface area contributed by atoms with E-state index in [1.165, 1.54) is 52.8 Å². The second-order valence-corrected chi connectivity index (χ2v) is 8.10. The van der Waals surface area contributed by atoms with E-state index in [9.17, 15) is 13.6 Å². The maximum Gasteiger partial charge on any atom is 0.333 e. The third kappa shape index (κ3) is 3.75. The van der Waals surface area contributed by atoms with Gasteiger partial charge in [0.25, 0.3) is 0 Å². The first kappa shape index (κ1) is 23.1. The summed E-state index contributed by atoms with van der Waals surface area (Å²) in [5, 5.41) is 9.60. The van der Waals surface area contributed by atoms with Crippen LogP contribution in [0.2, 0.25) is 0 Å². The van der Waals surface area contributed by atoms with Crippen molar-refractivity contribution in [2.24, 2.45) is 7.05 Å². The van der Waals surface area contributed by atoms with Gasteiger partial charge in [-0.15, -0.1) is 0 Å². The molecule has 0 aliphatic heterocycles. The minimum Gasteiger partial charge on any atom is -0.493 e. The largest absolute Gasteiger partial charge is 0.493 e. The molecule has 5 aromatic rings. The maximum atomic E-state index is 15.0. The summed E-state index contributed by atoms with van der Waals surface area (Å²) in [5.41, 5.74) is 1.82. The topological polar surface area (TPSA) is 82.1 Å². The predicted molar refractivity (Wildman–Crippen MR) is 131 cm³/mol. The molecule has 176 valence electrons. The molecule has 2 radical (unpaired) electrons. The first-order valence-electron chi connectivity index (χ1n) is 10.8. The highest BCUT2D eigenvalue weighted by molar-refractivity contribution is 6.33. The molecule has 36 heavy (non-hydrogen) atoms. The van der Waals surface area contributed by atoms with Gasteiger partial charge in [0.15, 0.2) is 11.5 Å². The Hall–Kier alpha value is -4.65. The van der Waals surface area contributed by atoms with Gasteiger partial charge in [-0.2, -0.15) is 5.26 Å². The normalized spacial score (nSPS) is 11.1. The average molecular weight is 482 g/mol. The van der Waals surface area contributed by atoms with Crippen LogP contribution in [0, 0.1) is 23.0 Å². The molecule has 0 fully saturated rings. The highest BCUT2D eigenvalue weighted by atomic mass is 19.1. The Morgan fingerprint density at radius 1 is 1.11 bits per heavy atom. The molecule has 0 saturated heterocycles. The molecule has 7 nitrogen and oxygen atoms in total. The van der Waals surface area contributed by atoms with Crippen LogP contribution in [0.3, 0.4) is 0 Å². The lowest BCUT2D eigenvalue weighted by Crippen LogP contribution is -2.21. The molecule has 10 heteroatoms. The Bertz CT molecular complexity index is 1770. The standard InChI is InChI=1S/C26H17BF2N4O3/c1-32-22-12-31-20-10-23(35-2)24(36-13-15-4-5-16(28)8-18(15)27)9-17(20)25(22)33(26(32)34)21-6-3-14(11-30)7-19(21)29/h3-10,12H,13H2,1-2H3. The Morgan fingerprint density at radius 2 is 1.92 bits per heavy atom. The molecule has 3 aromatic carbocycles. The molecular weight excluding hydrogens is 465 g/mol. The van der Waals surface area contributed by atoms with Gasteiger partial charge in [0.05, 0.1) is 47.2 Å². The van der Waals surface area contributed by atoms with Crippen molar-refractivity contribution >= 4 is 35.2 Å². The zero-order chi connectivity index (χ0) is 25.6. The Morgan fingerprint density at radius 3 is 2.61 bits per heavy atom. The number of hydrogen-bond acceptors (Lipinski definition) is 5. The third-order valence-corrected chi connectivity index (χ3v) is 5.98. The maximum absolute atomic E-state index is 15.0. The number of pyridine rings is 1. The molecule has 0 atom stereocenters. The molecule has 0 aliphatic rings. The van der Waals surface area contributed by atoms with Crippen LogP contribution in [-0.4, -0.2) is 29.1 Å². The highest BCUT2D eigenvalue weighted by Gasteiger charge is 2.20. The van der Waals surface area contributed by atoms with Gasteiger partial charge in [0.1, 0.15) is 26.1 Å². The lowest BCUT2D eigenvalue weighted by molar-refractivity contribution is 0.286. The van der Waals surface area contributed by atoms with Gasteiger partial charge >= 0.3 is 5.69 Å². The van der Waals surface area contributed by atoms with E-state index >= 15 is 0 Å². The molecule has 2 aromatic heterocycles. The number of fused-ring (bicyclic) bond motifs is 3. The van der Waals surface area contributed by atoms with Gasteiger partial charge in [-0.05, 0) is 42.0 Å². The van der Waals surface area contributed by atoms with Gasteiger partial charge < -0.3 is 9.47 Å². The predicted octanol–water partition coefficient (Wildman–Crippen LogP) is 3.41. The summed E-state index contributed by atoms with van der Waals surface area (Å²) in [5.74, 6) is -0.467. The number of methoxy groups -OCH3 is 1. The van der Waals surface area contributed by atoms with Crippen molar-refractivity contribution in [3.63, 3.8) is 0 Å². The Balaban J connectivity index is 1.72. The molecule has 2 heterocycles. The minimum absolute atomic E-state index is 0.00512. The van der Waals surface area contributed by atoms with Crippen LogP contribution in [0.25, 0.3) is 27.6 Å². The van der Waals surface area contributed by atoms with Crippen LogP contribution >= 0.6 is 0 Å². The SMILES string of the molecule is [B]c1cc(F)ccc1COc1cc2c(cc1OC)ncc1c2n(-c2ccc(C#N)cc2F)c(=O)n1C. The van der Waals surface area contributed by atoms with Crippen LogP contribution in [0.15, 0.2) is 59.5 Å². The van der Waals surface area contributed by atoms with E-state index in [-0.39, 0.29) is 23.3 Å². The molecule has 5 rings (SSSR count). The van der Waals surface area contributed by atoms with Crippen LogP contribution in [0.4, 0.5) is 8.78 Å². The monoisotopic (exact) mass is 482 g/mol. The highest BCUT2D eigenvalue weighted by Crippen LogP contribution is 2.36. The molecule has 0 bridgehead atoms. The fourth-order valence-corrected chi connectivity index (χ4v) is 4.11. The number of hydrogen-bond donors (Lipinski definition) is 0. The number of aromatic nitrogens is 3. The minimum atomic E-state index is -0.717. The third-order valence-electron chi connectivity index (χ3n) is 5.98. The van der Waals surface area contributed by atoms with E-state index in [0.29, 0.717) is 39.0 Å². The Kier molecular flexibility index (Phi) is 5.68. The Labute approximate surface area is 205 Å². The van der Waals surface area contributed by atoms with Crippen LogP contribution in [0.1, 0.15) is 11.1 Å². The van der Waals surface area contributed by atoms with Gasteiger partial charge in [0.2, 0.25) is 0 Å². The van der Waals surface area contributed by atoms with Gasteiger partial charge in [-0.3, -0.25) is 14.1 Å². The van der Waals surface area contributed by atoms with Gasteiger partial charge in [-0.1, -0.05) is 11.5 Å². The van der Waals surface area contributed by atoms with Crippen molar-refractivity contribution in [1.82, 2.24) is 14.1 Å². The molecular formula is C26H17BF2N4O3. The zero-order valence-electron chi connectivity index (χ0n) is 19.3. The summed E-state index contributed by atoms with van der Waals surface area (Å²) in [6, 6.07) is 13.1. The number of halogens is 2. The summed E-state index contributed by atoms with van der Waals surface area (Å²) < 4.78 is 42.5. The van der Waals surface area contributed by atoms with Crippen LogP contribution in [0.5, 0.6) is 11.5 Å².